The van der Waals surface area contributed by atoms with E-state index in [1.807, 2.05) is 12.3 Å². The van der Waals surface area contributed by atoms with E-state index in [1.165, 1.54) is 23.5 Å². The van der Waals surface area contributed by atoms with E-state index < -0.39 is 0 Å². The van der Waals surface area contributed by atoms with E-state index in [2.05, 4.69) is 36.3 Å². The Hall–Kier alpha value is -1.75. The number of hydrogen-bond acceptors (Lipinski definition) is 4. The third kappa shape index (κ3) is 3.63. The molecule has 106 valence electrons. The first-order chi connectivity index (χ1) is 9.36. The summed E-state index contributed by atoms with van der Waals surface area (Å²) in [5.41, 5.74) is 5.70. The minimum atomic E-state index is -0.246. The summed E-state index contributed by atoms with van der Waals surface area (Å²) in [5.74, 6) is -0.246. The Bertz CT molecular complexity index is 609. The highest BCUT2D eigenvalue weighted by Crippen LogP contribution is 2.26. The van der Waals surface area contributed by atoms with Gasteiger partial charge in [-0.15, -0.1) is 11.3 Å². The fourth-order valence-electron chi connectivity index (χ4n) is 1.56. The summed E-state index contributed by atoms with van der Waals surface area (Å²) in [5, 5.41) is 7.08. The highest BCUT2D eigenvalue weighted by atomic mass is 32.1. The second-order valence-electron chi connectivity index (χ2n) is 5.60. The van der Waals surface area contributed by atoms with Crippen molar-refractivity contribution in [3.8, 4) is 0 Å². The number of halogens is 1. The van der Waals surface area contributed by atoms with Gasteiger partial charge in [-0.3, -0.25) is 5.43 Å². The molecule has 2 aromatic rings. The minimum Gasteiger partial charge on any atom is -0.252 e. The monoisotopic (exact) mass is 291 g/mol. The first kappa shape index (κ1) is 14.7. The summed E-state index contributed by atoms with van der Waals surface area (Å²) in [7, 11) is 0. The molecule has 1 heterocycles. The molecule has 3 nitrogen and oxygen atoms in total. The Morgan fingerprint density at radius 1 is 1.25 bits per heavy atom. The Morgan fingerprint density at radius 2 is 1.90 bits per heavy atom. The summed E-state index contributed by atoms with van der Waals surface area (Å²) in [4.78, 5) is 4.50. The summed E-state index contributed by atoms with van der Waals surface area (Å²) in [6, 6.07) is 6.27. The van der Waals surface area contributed by atoms with E-state index in [0.29, 0.717) is 0 Å². The Labute approximate surface area is 122 Å². The zero-order valence-corrected chi connectivity index (χ0v) is 12.9. The third-order valence-electron chi connectivity index (χ3n) is 2.85. The zero-order valence-electron chi connectivity index (χ0n) is 12.1. The van der Waals surface area contributed by atoms with Crippen molar-refractivity contribution < 1.29 is 4.39 Å². The molecule has 0 saturated heterocycles. The molecule has 0 amide bonds. The van der Waals surface area contributed by atoms with Crippen LogP contribution in [-0.4, -0.2) is 10.7 Å². The van der Waals surface area contributed by atoms with Gasteiger partial charge in [0.2, 0.25) is 5.13 Å². The van der Waals surface area contributed by atoms with Crippen LogP contribution < -0.4 is 5.43 Å². The number of rotatable bonds is 3. The number of hydrazone groups is 1. The van der Waals surface area contributed by atoms with Crippen LogP contribution in [0.25, 0.3) is 0 Å². The SMILES string of the molecule is CC(=NNc1nc(C(C)(C)C)cs1)c1ccc(F)cc1. The van der Waals surface area contributed by atoms with Gasteiger partial charge in [-0.2, -0.15) is 5.10 Å². The molecule has 20 heavy (non-hydrogen) atoms. The Kier molecular flexibility index (Phi) is 4.18. The molecule has 0 aliphatic carbocycles. The van der Waals surface area contributed by atoms with E-state index in [0.717, 1.165) is 22.1 Å². The highest BCUT2D eigenvalue weighted by Gasteiger charge is 2.17. The van der Waals surface area contributed by atoms with Crippen molar-refractivity contribution in [2.75, 3.05) is 5.43 Å². The molecular weight excluding hydrogens is 273 g/mol. The Morgan fingerprint density at radius 3 is 2.45 bits per heavy atom. The van der Waals surface area contributed by atoms with Crippen molar-refractivity contribution >= 4 is 22.2 Å². The van der Waals surface area contributed by atoms with Crippen LogP contribution in [0.2, 0.25) is 0 Å². The number of anilines is 1. The van der Waals surface area contributed by atoms with Crippen molar-refractivity contribution in [1.82, 2.24) is 4.98 Å². The molecule has 1 aromatic heterocycles. The van der Waals surface area contributed by atoms with Gasteiger partial charge in [-0.05, 0) is 24.6 Å². The lowest BCUT2D eigenvalue weighted by Crippen LogP contribution is -2.11. The van der Waals surface area contributed by atoms with E-state index in [-0.39, 0.29) is 11.2 Å². The van der Waals surface area contributed by atoms with Crippen LogP contribution in [0.1, 0.15) is 39.0 Å². The molecule has 5 heteroatoms. The fourth-order valence-corrected chi connectivity index (χ4v) is 2.44. The Balaban J connectivity index is 2.09. The molecule has 0 aliphatic heterocycles. The molecule has 2 rings (SSSR count). The number of aromatic nitrogens is 1. The van der Waals surface area contributed by atoms with Gasteiger partial charge >= 0.3 is 0 Å². The lowest BCUT2D eigenvalue weighted by Gasteiger charge is -2.13. The average molecular weight is 291 g/mol. The van der Waals surface area contributed by atoms with Crippen molar-refractivity contribution in [3.05, 3.63) is 46.7 Å². The van der Waals surface area contributed by atoms with E-state index >= 15 is 0 Å². The van der Waals surface area contributed by atoms with Crippen molar-refractivity contribution in [1.29, 1.82) is 0 Å². The standard InChI is InChI=1S/C15H18FN3S/c1-10(11-5-7-12(16)8-6-11)18-19-14-17-13(9-20-14)15(2,3)4/h5-9H,1-4H3,(H,17,19). The van der Waals surface area contributed by atoms with Crippen molar-refractivity contribution in [2.24, 2.45) is 5.10 Å². The molecule has 0 radical (unpaired) electrons. The van der Waals surface area contributed by atoms with Gasteiger partial charge in [0.05, 0.1) is 11.4 Å². The quantitative estimate of drug-likeness (QED) is 0.671. The van der Waals surface area contributed by atoms with Crippen LogP contribution in [0.4, 0.5) is 9.52 Å². The van der Waals surface area contributed by atoms with Crippen molar-refractivity contribution in [3.63, 3.8) is 0 Å². The number of hydrogen-bond donors (Lipinski definition) is 1. The number of nitrogens with one attached hydrogen (secondary N) is 1. The van der Waals surface area contributed by atoms with E-state index in [1.54, 1.807) is 12.1 Å². The number of thiazole rings is 1. The van der Waals surface area contributed by atoms with Gasteiger partial charge in [0.25, 0.3) is 0 Å². The maximum Gasteiger partial charge on any atom is 0.203 e. The second-order valence-corrected chi connectivity index (χ2v) is 6.46. The van der Waals surface area contributed by atoms with Crippen molar-refractivity contribution in [2.45, 2.75) is 33.1 Å². The van der Waals surface area contributed by atoms with E-state index in [4.69, 9.17) is 0 Å². The molecule has 0 atom stereocenters. The van der Waals surface area contributed by atoms with Gasteiger partial charge < -0.3 is 0 Å². The highest BCUT2D eigenvalue weighted by molar-refractivity contribution is 7.13. The number of benzene rings is 1. The third-order valence-corrected chi connectivity index (χ3v) is 3.60. The largest absolute Gasteiger partial charge is 0.252 e. The molecule has 0 spiro atoms. The topological polar surface area (TPSA) is 37.3 Å². The van der Waals surface area contributed by atoms with Crippen LogP contribution in [0, 0.1) is 5.82 Å². The summed E-state index contributed by atoms with van der Waals surface area (Å²) in [6.07, 6.45) is 0. The van der Waals surface area contributed by atoms with Gasteiger partial charge in [-0.25, -0.2) is 9.37 Å². The molecule has 1 aromatic carbocycles. The van der Waals surface area contributed by atoms with Crippen LogP contribution in [0.3, 0.4) is 0 Å². The smallest absolute Gasteiger partial charge is 0.203 e. The van der Waals surface area contributed by atoms with Gasteiger partial charge in [0.1, 0.15) is 5.82 Å². The van der Waals surface area contributed by atoms with Gasteiger partial charge in [0, 0.05) is 10.8 Å². The first-order valence-corrected chi connectivity index (χ1v) is 7.26. The minimum absolute atomic E-state index is 0.0339. The molecule has 1 N–H and O–H groups in total. The average Bonchev–Trinajstić information content (AvgIpc) is 2.85. The molecule has 0 bridgehead atoms. The molecule has 0 fully saturated rings. The fraction of sp³-hybridized carbons (Fsp3) is 0.333. The summed E-state index contributed by atoms with van der Waals surface area (Å²) < 4.78 is 12.9. The molecule has 0 saturated carbocycles. The molecular formula is C15H18FN3S. The van der Waals surface area contributed by atoms with Crippen LogP contribution in [-0.2, 0) is 5.41 Å². The van der Waals surface area contributed by atoms with E-state index in [9.17, 15) is 4.39 Å². The normalized spacial score (nSPS) is 12.6. The zero-order chi connectivity index (χ0) is 14.8. The molecule has 0 unspecified atom stereocenters. The van der Waals surface area contributed by atoms with Gasteiger partial charge in [-0.1, -0.05) is 32.9 Å². The maximum absolute atomic E-state index is 12.9. The predicted octanol–water partition coefficient (Wildman–Crippen LogP) is 4.42. The first-order valence-electron chi connectivity index (χ1n) is 6.38. The lowest BCUT2D eigenvalue weighted by atomic mass is 9.93. The summed E-state index contributed by atoms with van der Waals surface area (Å²) in [6.45, 7) is 8.25. The second kappa shape index (κ2) is 5.71. The summed E-state index contributed by atoms with van der Waals surface area (Å²) >= 11 is 1.53. The lowest BCUT2D eigenvalue weighted by molar-refractivity contribution is 0.573. The van der Waals surface area contributed by atoms with Crippen LogP contribution in [0.15, 0.2) is 34.7 Å². The van der Waals surface area contributed by atoms with Crippen LogP contribution in [0.5, 0.6) is 0 Å². The molecule has 0 aliphatic rings. The van der Waals surface area contributed by atoms with Crippen LogP contribution >= 0.6 is 11.3 Å². The predicted molar refractivity (Wildman–Crippen MR) is 83.0 cm³/mol. The van der Waals surface area contributed by atoms with Gasteiger partial charge in [0.15, 0.2) is 0 Å². The number of nitrogens with zero attached hydrogens (tertiary/aromatic N) is 2. The maximum atomic E-state index is 12.9.